The first-order valence-electron chi connectivity index (χ1n) is 11.6. The fraction of sp³-hybridized carbons (Fsp3) is 0.333. The fourth-order valence-electron chi connectivity index (χ4n) is 5.67. The lowest BCUT2D eigenvalue weighted by Crippen LogP contribution is -2.44. The van der Waals surface area contributed by atoms with E-state index in [1.807, 2.05) is 91.0 Å². The van der Waals surface area contributed by atoms with Gasteiger partial charge in [0.25, 0.3) is 5.92 Å². The van der Waals surface area contributed by atoms with Crippen LogP contribution in [-0.4, -0.2) is 23.7 Å². The molecule has 0 aliphatic heterocycles. The number of fused-ring (bicyclic) bond motifs is 2. The molecule has 0 unspecified atom stereocenters. The topological polar surface area (TPSA) is 46.9 Å². The van der Waals surface area contributed by atoms with E-state index in [1.54, 1.807) is 0 Å². The fourth-order valence-corrected chi connectivity index (χ4v) is 11.5. The minimum Gasteiger partial charge on any atom is -0.262 e. The molecule has 0 atom stereocenters. The standard InChI is InChI=1S/C27H28F2O3S2/c28-27(29,26-18-16-22(20-26)17-19-26)21-33(30,31)32-34(23-10-4-1-5-11-23,24-12-6-2-7-13-24)25-14-8-3-9-15-25/h1-15,22H,16-21H2/p+1. The van der Waals surface area contributed by atoms with Crippen LogP contribution in [0.15, 0.2) is 106 Å². The van der Waals surface area contributed by atoms with Crippen molar-refractivity contribution in [1.29, 1.82) is 0 Å². The number of halogens is 2. The number of hydrogen-bond donors (Lipinski definition) is 0. The zero-order valence-electron chi connectivity index (χ0n) is 18.8. The van der Waals surface area contributed by atoms with E-state index >= 15 is 8.78 Å². The van der Waals surface area contributed by atoms with Gasteiger partial charge in [0.15, 0.2) is 5.75 Å². The van der Waals surface area contributed by atoms with E-state index in [0.29, 0.717) is 39.9 Å². The van der Waals surface area contributed by atoms with E-state index in [2.05, 4.69) is 3.63 Å². The van der Waals surface area contributed by atoms with Gasteiger partial charge in [0, 0.05) is 5.41 Å². The summed E-state index contributed by atoms with van der Waals surface area (Å²) in [4.78, 5) is 2.08. The molecule has 2 aliphatic carbocycles. The molecule has 3 aromatic rings. The van der Waals surface area contributed by atoms with Gasteiger partial charge in [-0.15, -0.1) is 0 Å². The smallest absolute Gasteiger partial charge is 0.262 e. The van der Waals surface area contributed by atoms with Crippen molar-refractivity contribution < 1.29 is 20.8 Å². The van der Waals surface area contributed by atoms with E-state index in [-0.39, 0.29) is 0 Å². The zero-order chi connectivity index (χ0) is 23.9. The van der Waals surface area contributed by atoms with Gasteiger partial charge < -0.3 is 0 Å². The Morgan fingerprint density at radius 3 is 1.53 bits per heavy atom. The summed E-state index contributed by atoms with van der Waals surface area (Å²) in [5.74, 6) is -4.25. The highest BCUT2D eigenvalue weighted by Crippen LogP contribution is 2.69. The molecule has 5 rings (SSSR count). The third kappa shape index (κ3) is 4.08. The number of alkyl halides is 2. The second-order valence-electron chi connectivity index (χ2n) is 9.45. The molecule has 2 bridgehead atoms. The molecular weight excluding hydrogens is 474 g/mol. The minimum atomic E-state index is -4.50. The zero-order valence-corrected chi connectivity index (χ0v) is 20.4. The lowest BCUT2D eigenvalue weighted by atomic mass is 9.79. The van der Waals surface area contributed by atoms with Gasteiger partial charge in [0.2, 0.25) is 0 Å². The van der Waals surface area contributed by atoms with Gasteiger partial charge in [-0.3, -0.25) is 3.63 Å². The Hall–Kier alpha value is -2.22. The molecule has 0 aromatic heterocycles. The number of rotatable bonds is 8. The Morgan fingerprint density at radius 2 is 1.18 bits per heavy atom. The van der Waals surface area contributed by atoms with Crippen molar-refractivity contribution in [2.45, 2.75) is 52.7 Å². The minimum absolute atomic E-state index is 0.299. The van der Waals surface area contributed by atoms with Crippen LogP contribution in [0.2, 0.25) is 0 Å². The third-order valence-electron chi connectivity index (χ3n) is 7.36. The van der Waals surface area contributed by atoms with Crippen molar-refractivity contribution in [3.63, 3.8) is 0 Å². The first-order chi connectivity index (χ1) is 16.3. The molecule has 0 heterocycles. The summed E-state index contributed by atoms with van der Waals surface area (Å²) in [6.45, 7) is 0. The van der Waals surface area contributed by atoms with Gasteiger partial charge >= 0.3 is 10.1 Å². The van der Waals surface area contributed by atoms with Gasteiger partial charge in [-0.1, -0.05) is 54.6 Å². The molecule has 2 fully saturated rings. The Labute approximate surface area is 201 Å². The monoisotopic (exact) mass is 503 g/mol. The Bertz CT molecular complexity index is 1130. The SMILES string of the molecule is O=S(=O)(CC(F)(F)C12CCC(CC1)C2)[OH+]S(c1ccccc1)(c1ccccc1)c1ccccc1. The average Bonchev–Trinajstić information content (AvgIpc) is 3.47. The Kier molecular flexibility index (Phi) is 6.07. The molecule has 3 aromatic carbocycles. The molecule has 0 spiro atoms. The predicted octanol–water partition coefficient (Wildman–Crippen LogP) is 7.52. The van der Waals surface area contributed by atoms with E-state index < -0.39 is 37.5 Å². The van der Waals surface area contributed by atoms with E-state index in [0.717, 1.165) is 12.8 Å². The Balaban J connectivity index is 1.61. The molecule has 0 amide bonds. The number of hydrogen-bond acceptors (Lipinski definition) is 2. The van der Waals surface area contributed by atoms with Crippen LogP contribution in [0.5, 0.6) is 0 Å². The molecule has 0 radical (unpaired) electrons. The highest BCUT2D eigenvalue weighted by atomic mass is 32.3. The van der Waals surface area contributed by atoms with E-state index in [9.17, 15) is 8.42 Å². The highest BCUT2D eigenvalue weighted by molar-refractivity contribution is 8.32. The van der Waals surface area contributed by atoms with Gasteiger partial charge in [0.1, 0.15) is 0 Å². The van der Waals surface area contributed by atoms with Gasteiger partial charge in [0.05, 0.1) is 25.0 Å². The highest BCUT2D eigenvalue weighted by Gasteiger charge is 2.63. The summed E-state index contributed by atoms with van der Waals surface area (Å²) < 4.78 is 62.9. The average molecular weight is 504 g/mol. The molecule has 180 valence electrons. The van der Waals surface area contributed by atoms with Gasteiger partial charge in [-0.25, -0.2) is 8.78 Å². The summed E-state index contributed by atoms with van der Waals surface area (Å²) in [5.41, 5.74) is -1.20. The van der Waals surface area contributed by atoms with Gasteiger partial charge in [-0.2, -0.15) is 8.42 Å². The largest absolute Gasteiger partial charge is 0.396 e. The molecule has 2 saturated carbocycles. The molecular formula is C27H29F2O3S2+. The number of benzene rings is 3. The summed E-state index contributed by atoms with van der Waals surface area (Å²) in [6, 6.07) is 27.5. The molecule has 3 nitrogen and oxygen atoms in total. The first kappa shape index (κ1) is 23.5. The van der Waals surface area contributed by atoms with Crippen molar-refractivity contribution in [2.75, 3.05) is 5.75 Å². The summed E-state index contributed by atoms with van der Waals surface area (Å²) in [7, 11) is -7.20. The van der Waals surface area contributed by atoms with Crippen LogP contribution in [0.1, 0.15) is 32.1 Å². The van der Waals surface area contributed by atoms with E-state index in [1.165, 1.54) is 0 Å². The van der Waals surface area contributed by atoms with E-state index in [4.69, 9.17) is 0 Å². The third-order valence-corrected chi connectivity index (χ3v) is 12.8. The molecule has 0 saturated heterocycles. The van der Waals surface area contributed by atoms with Crippen molar-refractivity contribution >= 4 is 20.4 Å². The maximum absolute atomic E-state index is 15.7. The summed E-state index contributed by atoms with van der Waals surface area (Å²) >= 11 is 0. The lowest BCUT2D eigenvalue weighted by molar-refractivity contribution is -0.0995. The van der Waals surface area contributed by atoms with Crippen molar-refractivity contribution in [3.8, 4) is 0 Å². The maximum Gasteiger partial charge on any atom is 0.396 e. The van der Waals surface area contributed by atoms with Crippen LogP contribution in [-0.2, 0) is 10.1 Å². The van der Waals surface area contributed by atoms with Crippen LogP contribution in [0.4, 0.5) is 8.78 Å². The normalized spacial score (nSPS) is 23.2. The second-order valence-corrected chi connectivity index (χ2v) is 14.1. The lowest BCUT2D eigenvalue weighted by Gasteiger charge is -2.37. The van der Waals surface area contributed by atoms with Gasteiger partial charge in [-0.05, 0) is 74.4 Å². The second kappa shape index (κ2) is 8.77. The maximum atomic E-state index is 15.7. The van der Waals surface area contributed by atoms with Crippen LogP contribution in [0.25, 0.3) is 0 Å². The van der Waals surface area contributed by atoms with Crippen molar-refractivity contribution in [3.05, 3.63) is 91.0 Å². The Morgan fingerprint density at radius 1 is 0.765 bits per heavy atom. The molecule has 1 N–H and O–H groups in total. The first-order valence-corrected chi connectivity index (χ1v) is 14.8. The molecule has 34 heavy (non-hydrogen) atoms. The van der Waals surface area contributed by atoms with Crippen LogP contribution in [0.3, 0.4) is 0 Å². The summed E-state index contributed by atoms with van der Waals surface area (Å²) in [6.07, 6.45) is 2.74. The molecule has 2 aliphatic rings. The predicted molar refractivity (Wildman–Crippen MR) is 132 cm³/mol. The van der Waals surface area contributed by atoms with Crippen LogP contribution >= 0.6 is 10.3 Å². The van der Waals surface area contributed by atoms with Crippen molar-refractivity contribution in [2.24, 2.45) is 11.3 Å². The summed E-state index contributed by atoms with van der Waals surface area (Å²) in [5, 5.41) is 0. The van der Waals surface area contributed by atoms with Crippen LogP contribution in [0, 0.1) is 11.3 Å². The molecule has 7 heteroatoms. The van der Waals surface area contributed by atoms with Crippen molar-refractivity contribution in [1.82, 2.24) is 0 Å². The quantitative estimate of drug-likeness (QED) is 0.236. The van der Waals surface area contributed by atoms with Crippen LogP contribution < -0.4 is 0 Å².